The average molecular weight is 388 g/mol. The average Bonchev–Trinajstić information content (AvgIpc) is 3.14. The van der Waals surface area contributed by atoms with Crippen LogP contribution in [-0.2, 0) is 4.74 Å². The number of amides is 1. The van der Waals surface area contributed by atoms with E-state index < -0.39 is 0 Å². The molecule has 1 aliphatic rings. The van der Waals surface area contributed by atoms with Crippen LogP contribution in [-0.4, -0.2) is 52.9 Å². The number of nitrogens with zero attached hydrogens (tertiary/aromatic N) is 3. The van der Waals surface area contributed by atoms with Crippen LogP contribution in [0, 0.1) is 5.82 Å². The molecule has 0 unspecified atom stereocenters. The van der Waals surface area contributed by atoms with Crippen molar-refractivity contribution in [3.05, 3.63) is 47.5 Å². The lowest BCUT2D eigenvalue weighted by atomic mass is 10.0. The highest BCUT2D eigenvalue weighted by atomic mass is 19.1. The van der Waals surface area contributed by atoms with Crippen molar-refractivity contribution < 1.29 is 13.9 Å². The number of benzene rings is 1. The molecule has 0 saturated carbocycles. The lowest BCUT2D eigenvalue weighted by Gasteiger charge is -2.32. The third-order valence-electron chi connectivity index (χ3n) is 5.09. The summed E-state index contributed by atoms with van der Waals surface area (Å²) in [7, 11) is 0. The molecule has 1 amide bonds. The molecule has 0 spiro atoms. The Morgan fingerprint density at radius 3 is 2.57 bits per heavy atom. The first-order valence-electron chi connectivity index (χ1n) is 9.96. The number of ether oxygens (including phenoxy) is 1. The zero-order valence-electron chi connectivity index (χ0n) is 16.6. The van der Waals surface area contributed by atoms with Crippen LogP contribution in [0.15, 0.2) is 30.5 Å². The van der Waals surface area contributed by atoms with E-state index in [1.165, 1.54) is 12.1 Å². The van der Waals surface area contributed by atoms with Crippen molar-refractivity contribution in [3.63, 3.8) is 0 Å². The van der Waals surface area contributed by atoms with Gasteiger partial charge in [-0.15, -0.1) is 0 Å². The van der Waals surface area contributed by atoms with E-state index in [9.17, 15) is 9.18 Å². The van der Waals surface area contributed by atoms with Gasteiger partial charge < -0.3 is 15.4 Å². The molecule has 0 atom stereocenters. The van der Waals surface area contributed by atoms with Crippen molar-refractivity contribution in [2.24, 2.45) is 5.73 Å². The second-order valence-corrected chi connectivity index (χ2v) is 7.49. The molecule has 1 saturated heterocycles. The van der Waals surface area contributed by atoms with E-state index >= 15 is 0 Å². The minimum atomic E-state index is -0.296. The van der Waals surface area contributed by atoms with Gasteiger partial charge in [0.1, 0.15) is 5.82 Å². The predicted molar refractivity (Wildman–Crippen MR) is 106 cm³/mol. The van der Waals surface area contributed by atoms with Gasteiger partial charge in [0.2, 0.25) is 0 Å². The third-order valence-corrected chi connectivity index (χ3v) is 5.09. The number of aromatic nitrogens is 2. The van der Waals surface area contributed by atoms with Gasteiger partial charge >= 0.3 is 0 Å². The Morgan fingerprint density at radius 2 is 1.96 bits per heavy atom. The van der Waals surface area contributed by atoms with Crippen LogP contribution in [0.1, 0.15) is 55.1 Å². The van der Waals surface area contributed by atoms with E-state index in [0.717, 1.165) is 30.6 Å². The number of rotatable bonds is 7. The molecule has 3 rings (SSSR count). The number of hydrogen-bond acceptors (Lipinski definition) is 4. The monoisotopic (exact) mass is 388 g/mol. The summed E-state index contributed by atoms with van der Waals surface area (Å²) in [5, 5.41) is 4.43. The Labute approximate surface area is 165 Å². The molecule has 7 heteroatoms. The SMILES string of the molecule is CC(C)c1c(C(=O)N2CCC(OCCCN)CC2)cnn1-c1ccc(F)cc1. The summed E-state index contributed by atoms with van der Waals surface area (Å²) in [5.74, 6) is -0.198. The molecule has 6 nitrogen and oxygen atoms in total. The smallest absolute Gasteiger partial charge is 0.257 e. The van der Waals surface area contributed by atoms with Gasteiger partial charge in [-0.05, 0) is 56.0 Å². The minimum Gasteiger partial charge on any atom is -0.378 e. The molecular weight excluding hydrogens is 359 g/mol. The molecule has 0 aliphatic carbocycles. The van der Waals surface area contributed by atoms with Crippen molar-refractivity contribution >= 4 is 5.91 Å². The van der Waals surface area contributed by atoms with Crippen molar-refractivity contribution in [3.8, 4) is 5.69 Å². The Morgan fingerprint density at radius 1 is 1.29 bits per heavy atom. The maximum atomic E-state index is 13.3. The summed E-state index contributed by atoms with van der Waals surface area (Å²) < 4.78 is 20.8. The Kier molecular flexibility index (Phi) is 6.80. The van der Waals surface area contributed by atoms with Gasteiger partial charge in [0.05, 0.1) is 29.2 Å². The van der Waals surface area contributed by atoms with Gasteiger partial charge in [-0.25, -0.2) is 9.07 Å². The van der Waals surface area contributed by atoms with Crippen molar-refractivity contribution in [1.29, 1.82) is 0 Å². The van der Waals surface area contributed by atoms with E-state index in [4.69, 9.17) is 10.5 Å². The highest BCUT2D eigenvalue weighted by Gasteiger charge is 2.28. The number of piperidine rings is 1. The first-order valence-corrected chi connectivity index (χ1v) is 9.96. The maximum absolute atomic E-state index is 13.3. The van der Waals surface area contributed by atoms with E-state index in [0.29, 0.717) is 31.8 Å². The minimum absolute atomic E-state index is 0.00234. The second kappa shape index (κ2) is 9.30. The molecule has 2 aromatic rings. The molecule has 1 aromatic carbocycles. The molecule has 152 valence electrons. The normalized spacial score (nSPS) is 15.4. The van der Waals surface area contributed by atoms with E-state index in [1.54, 1.807) is 23.0 Å². The number of carbonyl (C=O) groups excluding carboxylic acids is 1. The fourth-order valence-electron chi connectivity index (χ4n) is 3.60. The fraction of sp³-hybridized carbons (Fsp3) is 0.524. The van der Waals surface area contributed by atoms with Gasteiger partial charge in [0.15, 0.2) is 0 Å². The Balaban J connectivity index is 1.73. The molecule has 0 bridgehead atoms. The summed E-state index contributed by atoms with van der Waals surface area (Å²) >= 11 is 0. The Hall–Kier alpha value is -2.25. The topological polar surface area (TPSA) is 73.4 Å². The summed E-state index contributed by atoms with van der Waals surface area (Å²) in [6, 6.07) is 6.15. The summed E-state index contributed by atoms with van der Waals surface area (Å²) in [5.41, 5.74) is 7.71. The number of hydrogen-bond donors (Lipinski definition) is 1. The quantitative estimate of drug-likeness (QED) is 0.740. The molecule has 28 heavy (non-hydrogen) atoms. The van der Waals surface area contributed by atoms with Crippen LogP contribution in [0.25, 0.3) is 5.69 Å². The lowest BCUT2D eigenvalue weighted by molar-refractivity contribution is 0.00841. The summed E-state index contributed by atoms with van der Waals surface area (Å²) in [6.45, 7) is 6.72. The zero-order valence-corrected chi connectivity index (χ0v) is 16.6. The standard InChI is InChI=1S/C21H29FN4O2/c1-15(2)20-19(14-24-26(20)17-6-4-16(22)5-7-17)21(27)25-11-8-18(9-12-25)28-13-3-10-23/h4-7,14-15,18H,3,8-13,23H2,1-2H3. The highest BCUT2D eigenvalue weighted by Crippen LogP contribution is 2.26. The van der Waals surface area contributed by atoms with Gasteiger partial charge in [0.25, 0.3) is 5.91 Å². The Bertz CT molecular complexity index is 780. The van der Waals surface area contributed by atoms with Gasteiger partial charge in [-0.2, -0.15) is 5.10 Å². The van der Waals surface area contributed by atoms with Crippen LogP contribution in [0.2, 0.25) is 0 Å². The first-order chi connectivity index (χ1) is 13.5. The third kappa shape index (κ3) is 4.59. The van der Waals surface area contributed by atoms with Crippen LogP contribution in [0.3, 0.4) is 0 Å². The van der Waals surface area contributed by atoms with Crippen LogP contribution in [0.4, 0.5) is 4.39 Å². The van der Waals surface area contributed by atoms with E-state index in [-0.39, 0.29) is 23.7 Å². The van der Waals surface area contributed by atoms with E-state index in [1.807, 2.05) is 18.7 Å². The largest absolute Gasteiger partial charge is 0.378 e. The summed E-state index contributed by atoms with van der Waals surface area (Å²) in [4.78, 5) is 15.0. The number of nitrogens with two attached hydrogens (primary N) is 1. The first kappa shape index (κ1) is 20.5. The van der Waals surface area contributed by atoms with Gasteiger partial charge in [-0.1, -0.05) is 13.8 Å². The predicted octanol–water partition coefficient (Wildman–Crippen LogP) is 3.10. The van der Waals surface area contributed by atoms with Crippen molar-refractivity contribution in [2.75, 3.05) is 26.2 Å². The summed E-state index contributed by atoms with van der Waals surface area (Å²) in [6.07, 6.45) is 4.35. The number of likely N-dealkylation sites (tertiary alicyclic amines) is 1. The maximum Gasteiger partial charge on any atom is 0.257 e. The van der Waals surface area contributed by atoms with Gasteiger partial charge in [0, 0.05) is 19.7 Å². The molecule has 0 radical (unpaired) electrons. The molecule has 1 fully saturated rings. The number of carbonyl (C=O) groups is 1. The molecule has 2 heterocycles. The van der Waals surface area contributed by atoms with Crippen LogP contribution in [0.5, 0.6) is 0 Å². The molecule has 1 aliphatic heterocycles. The van der Waals surface area contributed by atoms with E-state index in [2.05, 4.69) is 5.10 Å². The zero-order chi connectivity index (χ0) is 20.1. The van der Waals surface area contributed by atoms with Crippen molar-refractivity contribution in [2.45, 2.75) is 45.1 Å². The van der Waals surface area contributed by atoms with Gasteiger partial charge in [-0.3, -0.25) is 4.79 Å². The molecule has 1 aromatic heterocycles. The van der Waals surface area contributed by atoms with Crippen LogP contribution < -0.4 is 5.73 Å². The molecule has 2 N–H and O–H groups in total. The van der Waals surface area contributed by atoms with Crippen LogP contribution >= 0.6 is 0 Å². The second-order valence-electron chi connectivity index (χ2n) is 7.49. The fourth-order valence-corrected chi connectivity index (χ4v) is 3.60. The number of halogens is 1. The lowest BCUT2D eigenvalue weighted by Crippen LogP contribution is -2.41. The highest BCUT2D eigenvalue weighted by molar-refractivity contribution is 5.95. The van der Waals surface area contributed by atoms with Crippen molar-refractivity contribution in [1.82, 2.24) is 14.7 Å². The molecular formula is C21H29FN4O2.